The maximum Gasteiger partial charge on any atom is 0.255 e. The number of hydrogen-bond acceptors (Lipinski definition) is 4. The molecule has 0 N–H and O–H groups in total. The van der Waals surface area contributed by atoms with Crippen LogP contribution in [0.5, 0.6) is 0 Å². The Kier molecular flexibility index (Phi) is 3.35. The van der Waals surface area contributed by atoms with Crippen molar-refractivity contribution in [3.63, 3.8) is 0 Å². The van der Waals surface area contributed by atoms with Crippen molar-refractivity contribution < 1.29 is 9.53 Å². The number of piperidine rings is 1. The van der Waals surface area contributed by atoms with Gasteiger partial charge in [-0.15, -0.1) is 5.10 Å². The molecule has 0 saturated carbocycles. The molecule has 2 aliphatic rings. The van der Waals surface area contributed by atoms with Gasteiger partial charge < -0.3 is 9.64 Å². The third kappa shape index (κ3) is 2.19. The maximum atomic E-state index is 12.7. The number of hydrogen-bond donors (Lipinski definition) is 0. The highest BCUT2D eigenvalue weighted by molar-refractivity contribution is 6.33. The van der Waals surface area contributed by atoms with Gasteiger partial charge in [-0.05, 0) is 18.6 Å². The molecule has 0 aliphatic carbocycles. The third-order valence-electron chi connectivity index (χ3n) is 4.32. The minimum atomic E-state index is -0.0451. The van der Waals surface area contributed by atoms with Gasteiger partial charge in [0.2, 0.25) is 0 Å². The van der Waals surface area contributed by atoms with Crippen molar-refractivity contribution in [1.82, 2.24) is 19.9 Å². The molecule has 2 aliphatic heterocycles. The Balaban J connectivity index is 1.59. The molecule has 0 radical (unpaired) electrons. The summed E-state index contributed by atoms with van der Waals surface area (Å²) in [4.78, 5) is 14.5. The van der Waals surface area contributed by atoms with Crippen LogP contribution in [0.1, 0.15) is 28.5 Å². The molecule has 1 saturated heterocycles. The zero-order chi connectivity index (χ0) is 15.1. The summed E-state index contributed by atoms with van der Waals surface area (Å²) in [6.07, 6.45) is 2.59. The number of carbonyl (C=O) groups is 1. The molecular weight excluding hydrogens is 304 g/mol. The Morgan fingerprint density at radius 3 is 3.09 bits per heavy atom. The summed E-state index contributed by atoms with van der Waals surface area (Å²) in [5.74, 6) is -0.0451. The monoisotopic (exact) mass is 318 g/mol. The molecule has 6 nitrogen and oxygen atoms in total. The van der Waals surface area contributed by atoms with E-state index in [1.165, 1.54) is 0 Å². The fourth-order valence-electron chi connectivity index (χ4n) is 3.17. The molecule has 0 spiro atoms. The van der Waals surface area contributed by atoms with E-state index in [-0.39, 0.29) is 18.1 Å². The smallest absolute Gasteiger partial charge is 0.255 e. The van der Waals surface area contributed by atoms with Crippen LogP contribution >= 0.6 is 11.6 Å². The van der Waals surface area contributed by atoms with E-state index in [0.717, 1.165) is 12.1 Å². The fraction of sp³-hybridized carbons (Fsp3) is 0.400. The Morgan fingerprint density at radius 2 is 2.23 bits per heavy atom. The lowest BCUT2D eigenvalue weighted by molar-refractivity contribution is -0.0605. The Hall–Kier alpha value is -1.92. The van der Waals surface area contributed by atoms with Gasteiger partial charge >= 0.3 is 0 Å². The first-order valence-electron chi connectivity index (χ1n) is 7.28. The number of likely N-dealkylation sites (tertiary alicyclic amines) is 1. The first kappa shape index (κ1) is 13.7. The molecule has 114 valence electrons. The van der Waals surface area contributed by atoms with E-state index in [4.69, 9.17) is 16.3 Å². The summed E-state index contributed by atoms with van der Waals surface area (Å²) in [6.45, 7) is 1.76. The summed E-state index contributed by atoms with van der Waals surface area (Å²) in [5, 5.41) is 8.58. The molecule has 4 rings (SSSR count). The number of amides is 1. The van der Waals surface area contributed by atoms with Crippen molar-refractivity contribution in [2.45, 2.75) is 25.2 Å². The normalized spacial score (nSPS) is 23.8. The van der Waals surface area contributed by atoms with Crippen LogP contribution in [0.3, 0.4) is 0 Å². The zero-order valence-corrected chi connectivity index (χ0v) is 12.6. The molecule has 7 heteroatoms. The SMILES string of the molecule is O=C(c1ccccc1Cl)N1CC[C@H]2OCc3cnnn3[C@H]2C1. The minimum absolute atomic E-state index is 0.0198. The maximum absolute atomic E-state index is 12.7. The molecule has 1 fully saturated rings. The van der Waals surface area contributed by atoms with Gasteiger partial charge in [-0.2, -0.15) is 0 Å². The summed E-state index contributed by atoms with van der Waals surface area (Å²) in [7, 11) is 0. The molecule has 1 aromatic heterocycles. The first-order valence-corrected chi connectivity index (χ1v) is 7.66. The Labute approximate surface area is 132 Å². The van der Waals surface area contributed by atoms with Crippen molar-refractivity contribution >= 4 is 17.5 Å². The van der Waals surface area contributed by atoms with Crippen LogP contribution in [0, 0.1) is 0 Å². The molecule has 22 heavy (non-hydrogen) atoms. The molecule has 0 unspecified atom stereocenters. The van der Waals surface area contributed by atoms with Gasteiger partial charge in [0.1, 0.15) is 0 Å². The largest absolute Gasteiger partial charge is 0.370 e. The number of benzene rings is 1. The third-order valence-corrected chi connectivity index (χ3v) is 4.65. The standard InChI is InChI=1S/C15H15ClN4O2/c16-12-4-2-1-3-11(12)15(21)19-6-5-14-13(8-19)20-10(9-22-14)7-17-18-20/h1-4,7,13-14H,5-6,8-9H2/t13-,14+/m0/s1. The number of nitrogens with zero attached hydrogens (tertiary/aromatic N) is 4. The van der Waals surface area contributed by atoms with Crippen LogP contribution in [0.15, 0.2) is 30.5 Å². The predicted molar refractivity (Wildman–Crippen MR) is 79.6 cm³/mol. The summed E-state index contributed by atoms with van der Waals surface area (Å²) in [6, 6.07) is 7.16. The van der Waals surface area contributed by atoms with Crippen LogP contribution < -0.4 is 0 Å². The molecule has 3 heterocycles. The lowest BCUT2D eigenvalue weighted by atomic mass is 9.99. The highest BCUT2D eigenvalue weighted by atomic mass is 35.5. The molecule has 0 bridgehead atoms. The molecule has 1 aromatic carbocycles. The van der Waals surface area contributed by atoms with Crippen molar-refractivity contribution in [2.75, 3.05) is 13.1 Å². The van der Waals surface area contributed by atoms with Crippen molar-refractivity contribution in [3.05, 3.63) is 46.7 Å². The van der Waals surface area contributed by atoms with Gasteiger partial charge in [-0.25, -0.2) is 4.68 Å². The highest BCUT2D eigenvalue weighted by Crippen LogP contribution is 2.31. The van der Waals surface area contributed by atoms with Crippen molar-refractivity contribution in [3.8, 4) is 0 Å². The van der Waals surface area contributed by atoms with Gasteiger partial charge in [-0.3, -0.25) is 4.79 Å². The summed E-state index contributed by atoms with van der Waals surface area (Å²) >= 11 is 6.14. The molecule has 2 atom stereocenters. The summed E-state index contributed by atoms with van der Waals surface area (Å²) in [5.41, 5.74) is 1.49. The lowest BCUT2D eigenvalue weighted by Gasteiger charge is -2.41. The van der Waals surface area contributed by atoms with E-state index in [1.807, 2.05) is 21.7 Å². The predicted octanol–water partition coefficient (Wildman–Crippen LogP) is 1.92. The van der Waals surface area contributed by atoms with Crippen molar-refractivity contribution in [2.24, 2.45) is 0 Å². The van der Waals surface area contributed by atoms with E-state index >= 15 is 0 Å². The van der Waals surface area contributed by atoms with Gasteiger partial charge in [0.25, 0.3) is 5.91 Å². The quantitative estimate of drug-likeness (QED) is 0.806. The highest BCUT2D eigenvalue weighted by Gasteiger charge is 2.38. The van der Waals surface area contributed by atoms with Crippen LogP contribution in [0.4, 0.5) is 0 Å². The van der Waals surface area contributed by atoms with Gasteiger partial charge in [-0.1, -0.05) is 28.9 Å². The summed E-state index contributed by atoms with van der Waals surface area (Å²) < 4.78 is 7.75. The van der Waals surface area contributed by atoms with Crippen LogP contribution in [0.25, 0.3) is 0 Å². The number of fused-ring (bicyclic) bond motifs is 3. The van der Waals surface area contributed by atoms with Crippen molar-refractivity contribution in [1.29, 1.82) is 0 Å². The second-order valence-electron chi connectivity index (χ2n) is 5.61. The minimum Gasteiger partial charge on any atom is -0.370 e. The number of rotatable bonds is 1. The number of carbonyl (C=O) groups excluding carboxylic acids is 1. The molecule has 2 aromatic rings. The zero-order valence-electron chi connectivity index (χ0n) is 11.9. The van der Waals surface area contributed by atoms with Crippen LogP contribution in [-0.4, -0.2) is 45.0 Å². The Bertz CT molecular complexity index is 717. The van der Waals surface area contributed by atoms with Crippen LogP contribution in [-0.2, 0) is 11.3 Å². The topological polar surface area (TPSA) is 60.3 Å². The van der Waals surface area contributed by atoms with E-state index in [9.17, 15) is 4.79 Å². The Morgan fingerprint density at radius 1 is 1.36 bits per heavy atom. The second kappa shape index (κ2) is 5.37. The van der Waals surface area contributed by atoms with E-state index < -0.39 is 0 Å². The van der Waals surface area contributed by atoms with E-state index in [0.29, 0.717) is 30.3 Å². The number of halogens is 1. The fourth-order valence-corrected chi connectivity index (χ4v) is 3.39. The van der Waals surface area contributed by atoms with E-state index in [2.05, 4.69) is 10.3 Å². The lowest BCUT2D eigenvalue weighted by Crippen LogP contribution is -2.49. The van der Waals surface area contributed by atoms with Crippen LogP contribution in [0.2, 0.25) is 5.02 Å². The molecular formula is C15H15ClN4O2. The van der Waals surface area contributed by atoms with Gasteiger partial charge in [0.05, 0.1) is 41.2 Å². The molecule has 1 amide bonds. The average molecular weight is 319 g/mol. The average Bonchev–Trinajstić information content (AvgIpc) is 3.03. The first-order chi connectivity index (χ1) is 10.7. The second-order valence-corrected chi connectivity index (χ2v) is 6.01. The van der Waals surface area contributed by atoms with Gasteiger partial charge in [0, 0.05) is 13.1 Å². The number of aromatic nitrogens is 3. The van der Waals surface area contributed by atoms with Gasteiger partial charge in [0.15, 0.2) is 0 Å². The van der Waals surface area contributed by atoms with E-state index in [1.54, 1.807) is 18.3 Å². The number of ether oxygens (including phenoxy) is 1.